The van der Waals surface area contributed by atoms with E-state index in [1.165, 1.54) is 6.07 Å². The van der Waals surface area contributed by atoms with Crippen LogP contribution in [0.5, 0.6) is 0 Å². The summed E-state index contributed by atoms with van der Waals surface area (Å²) in [5.74, 6) is 1.98. The predicted octanol–water partition coefficient (Wildman–Crippen LogP) is 3.58. The van der Waals surface area contributed by atoms with Gasteiger partial charge < -0.3 is 15.2 Å². The van der Waals surface area contributed by atoms with Gasteiger partial charge in [0.05, 0.1) is 0 Å². The Bertz CT molecular complexity index is 818. The van der Waals surface area contributed by atoms with Crippen LogP contribution in [-0.2, 0) is 6.54 Å². The molecule has 0 fully saturated rings. The van der Waals surface area contributed by atoms with E-state index < -0.39 is 0 Å². The molecular formula is C16H16FN5O. The topological polar surface area (TPSA) is 75.9 Å². The van der Waals surface area contributed by atoms with Crippen LogP contribution in [-0.4, -0.2) is 15.1 Å². The second kappa shape index (κ2) is 6.43. The zero-order valence-corrected chi connectivity index (χ0v) is 12.8. The molecule has 1 aromatic carbocycles. The first kappa shape index (κ1) is 15.0. The van der Waals surface area contributed by atoms with E-state index in [-0.39, 0.29) is 5.82 Å². The van der Waals surface area contributed by atoms with E-state index in [0.717, 1.165) is 5.69 Å². The van der Waals surface area contributed by atoms with Crippen molar-refractivity contribution < 1.29 is 8.91 Å². The van der Waals surface area contributed by atoms with Gasteiger partial charge in [0, 0.05) is 29.9 Å². The van der Waals surface area contributed by atoms with Crippen molar-refractivity contribution in [3.8, 4) is 0 Å². The number of rotatable bonds is 5. The molecule has 2 heterocycles. The molecule has 0 atom stereocenters. The lowest BCUT2D eigenvalue weighted by molar-refractivity contribution is 0.400. The standard InChI is InChI=1S/C16H16FN5O/c1-10-7-14(18-9-12-5-3-4-6-13(12)17)20-16(19-10)21-15-8-11(2)23-22-15/h3-8H,9H2,1-2H3,(H2,18,19,20,21,22). The van der Waals surface area contributed by atoms with Crippen molar-refractivity contribution in [3.05, 3.63) is 59.2 Å². The average molecular weight is 313 g/mol. The monoisotopic (exact) mass is 313 g/mol. The second-order valence-electron chi connectivity index (χ2n) is 5.11. The van der Waals surface area contributed by atoms with Gasteiger partial charge in [-0.3, -0.25) is 0 Å². The smallest absolute Gasteiger partial charge is 0.230 e. The minimum absolute atomic E-state index is 0.248. The summed E-state index contributed by atoms with van der Waals surface area (Å²) in [6.07, 6.45) is 0. The Hall–Kier alpha value is -2.96. The van der Waals surface area contributed by atoms with E-state index in [2.05, 4.69) is 25.8 Å². The van der Waals surface area contributed by atoms with Gasteiger partial charge in [0.1, 0.15) is 17.4 Å². The molecule has 0 spiro atoms. The van der Waals surface area contributed by atoms with E-state index in [0.29, 0.717) is 35.5 Å². The fourth-order valence-corrected chi connectivity index (χ4v) is 2.08. The first-order valence-corrected chi connectivity index (χ1v) is 7.13. The van der Waals surface area contributed by atoms with Gasteiger partial charge in [0.2, 0.25) is 5.95 Å². The maximum atomic E-state index is 13.6. The minimum atomic E-state index is -0.248. The van der Waals surface area contributed by atoms with Crippen molar-refractivity contribution in [3.63, 3.8) is 0 Å². The van der Waals surface area contributed by atoms with Crippen LogP contribution < -0.4 is 10.6 Å². The van der Waals surface area contributed by atoms with Gasteiger partial charge in [-0.1, -0.05) is 23.4 Å². The second-order valence-corrected chi connectivity index (χ2v) is 5.11. The van der Waals surface area contributed by atoms with Crippen LogP contribution in [0.1, 0.15) is 17.0 Å². The predicted molar refractivity (Wildman–Crippen MR) is 85.0 cm³/mol. The Morgan fingerprint density at radius 1 is 1.09 bits per heavy atom. The summed E-state index contributed by atoms with van der Waals surface area (Å²) < 4.78 is 18.6. The number of nitrogens with one attached hydrogen (secondary N) is 2. The lowest BCUT2D eigenvalue weighted by Crippen LogP contribution is -2.06. The molecular weight excluding hydrogens is 297 g/mol. The van der Waals surface area contributed by atoms with Gasteiger partial charge in [-0.25, -0.2) is 9.37 Å². The fourth-order valence-electron chi connectivity index (χ4n) is 2.08. The number of aryl methyl sites for hydroxylation is 2. The third-order valence-electron chi connectivity index (χ3n) is 3.14. The van der Waals surface area contributed by atoms with E-state index in [1.54, 1.807) is 37.3 Å². The highest BCUT2D eigenvalue weighted by molar-refractivity contribution is 5.51. The molecule has 6 nitrogen and oxygen atoms in total. The molecule has 118 valence electrons. The van der Waals surface area contributed by atoms with Gasteiger partial charge in [0.25, 0.3) is 0 Å². The molecule has 0 bridgehead atoms. The Balaban J connectivity index is 1.74. The van der Waals surface area contributed by atoms with Crippen LogP contribution in [0.4, 0.5) is 22.0 Å². The van der Waals surface area contributed by atoms with Crippen molar-refractivity contribution in [1.29, 1.82) is 0 Å². The Morgan fingerprint density at radius 2 is 1.91 bits per heavy atom. The van der Waals surface area contributed by atoms with Crippen molar-refractivity contribution >= 4 is 17.6 Å². The largest absolute Gasteiger partial charge is 0.366 e. The molecule has 0 aliphatic rings. The molecule has 0 aliphatic heterocycles. The van der Waals surface area contributed by atoms with Crippen LogP contribution in [0, 0.1) is 19.7 Å². The van der Waals surface area contributed by atoms with E-state index in [4.69, 9.17) is 4.52 Å². The van der Waals surface area contributed by atoms with Crippen LogP contribution in [0.2, 0.25) is 0 Å². The number of halogens is 1. The number of anilines is 3. The van der Waals surface area contributed by atoms with E-state index >= 15 is 0 Å². The zero-order valence-electron chi connectivity index (χ0n) is 12.8. The summed E-state index contributed by atoms with van der Waals surface area (Å²) in [4.78, 5) is 8.64. The lowest BCUT2D eigenvalue weighted by atomic mass is 10.2. The van der Waals surface area contributed by atoms with Gasteiger partial charge >= 0.3 is 0 Å². The fraction of sp³-hybridized carbons (Fsp3) is 0.188. The molecule has 2 aromatic heterocycles. The summed E-state index contributed by atoms with van der Waals surface area (Å²) in [5.41, 5.74) is 1.35. The van der Waals surface area contributed by atoms with E-state index in [1.807, 2.05) is 6.92 Å². The zero-order chi connectivity index (χ0) is 16.2. The summed E-state index contributed by atoms with van der Waals surface area (Å²) in [6.45, 7) is 4.00. The van der Waals surface area contributed by atoms with Crippen LogP contribution in [0.25, 0.3) is 0 Å². The quantitative estimate of drug-likeness (QED) is 0.750. The lowest BCUT2D eigenvalue weighted by Gasteiger charge is -2.09. The maximum absolute atomic E-state index is 13.6. The Labute approximate surface area is 132 Å². The van der Waals surface area contributed by atoms with Crippen LogP contribution in [0.15, 0.2) is 40.9 Å². The first-order chi connectivity index (χ1) is 11.1. The highest BCUT2D eigenvalue weighted by Gasteiger charge is 2.07. The maximum Gasteiger partial charge on any atom is 0.230 e. The Kier molecular flexibility index (Phi) is 4.18. The molecule has 3 aromatic rings. The van der Waals surface area contributed by atoms with E-state index in [9.17, 15) is 4.39 Å². The number of aromatic nitrogens is 3. The van der Waals surface area contributed by atoms with Crippen molar-refractivity contribution in [2.75, 3.05) is 10.6 Å². The minimum Gasteiger partial charge on any atom is -0.366 e. The molecule has 0 radical (unpaired) electrons. The molecule has 23 heavy (non-hydrogen) atoms. The highest BCUT2D eigenvalue weighted by Crippen LogP contribution is 2.16. The molecule has 0 saturated heterocycles. The van der Waals surface area contributed by atoms with Gasteiger partial charge in [0.15, 0.2) is 5.82 Å². The summed E-state index contributed by atoms with van der Waals surface area (Å²) in [6, 6.07) is 10.2. The van der Waals surface area contributed by atoms with Crippen LogP contribution in [0.3, 0.4) is 0 Å². The molecule has 0 aliphatic carbocycles. The highest BCUT2D eigenvalue weighted by atomic mass is 19.1. The van der Waals surface area contributed by atoms with Gasteiger partial charge in [-0.05, 0) is 19.9 Å². The SMILES string of the molecule is Cc1cc(NCc2ccccc2F)nc(Nc2cc(C)on2)n1. The third kappa shape index (κ3) is 3.82. The summed E-state index contributed by atoms with van der Waals surface area (Å²) >= 11 is 0. The van der Waals surface area contributed by atoms with Gasteiger partial charge in [-0.15, -0.1) is 0 Å². The molecule has 2 N–H and O–H groups in total. The molecule has 3 rings (SSSR count). The number of hydrogen-bond donors (Lipinski definition) is 2. The molecule has 0 unspecified atom stereocenters. The number of benzene rings is 1. The van der Waals surface area contributed by atoms with Crippen molar-refractivity contribution in [2.45, 2.75) is 20.4 Å². The van der Waals surface area contributed by atoms with Crippen molar-refractivity contribution in [1.82, 2.24) is 15.1 Å². The van der Waals surface area contributed by atoms with Crippen molar-refractivity contribution in [2.24, 2.45) is 0 Å². The molecule has 0 saturated carbocycles. The Morgan fingerprint density at radius 3 is 2.65 bits per heavy atom. The van der Waals surface area contributed by atoms with Gasteiger partial charge in [-0.2, -0.15) is 4.98 Å². The normalized spacial score (nSPS) is 10.6. The molecule has 7 heteroatoms. The van der Waals surface area contributed by atoms with Crippen LogP contribution >= 0.6 is 0 Å². The molecule has 0 amide bonds. The summed E-state index contributed by atoms with van der Waals surface area (Å²) in [7, 11) is 0. The average Bonchev–Trinajstić information content (AvgIpc) is 2.91. The third-order valence-corrected chi connectivity index (χ3v) is 3.14. The summed E-state index contributed by atoms with van der Waals surface area (Å²) in [5, 5.41) is 9.91. The first-order valence-electron chi connectivity index (χ1n) is 7.13. The number of hydrogen-bond acceptors (Lipinski definition) is 6. The number of nitrogens with zero attached hydrogens (tertiary/aromatic N) is 3.